The first kappa shape index (κ1) is 24.5. The predicted octanol–water partition coefficient (Wildman–Crippen LogP) is 0.784. The third kappa shape index (κ3) is 9.10. The van der Waals surface area contributed by atoms with Crippen LogP contribution in [0.1, 0.15) is 39.5 Å². The number of rotatable bonds is 11. The van der Waals surface area contributed by atoms with Gasteiger partial charge in [-0.2, -0.15) is 11.8 Å². The molecule has 0 heterocycles. The number of hydrogen-bond donors (Lipinski definition) is 4. The summed E-state index contributed by atoms with van der Waals surface area (Å²) >= 11 is 1.46. The van der Waals surface area contributed by atoms with Crippen molar-refractivity contribution in [3.63, 3.8) is 0 Å². The molecule has 0 bridgehead atoms. The Morgan fingerprint density at radius 3 is 2.40 bits per heavy atom. The average molecular weight is 382 g/mol. The number of aliphatic carboxylic acids is 2. The molecule has 0 radical (unpaired) electrons. The molecule has 0 aliphatic heterocycles. The molecular formula is C16H27N2NaO5S. The number of allylic oxidation sites excluding steroid dienone is 1. The van der Waals surface area contributed by atoms with E-state index in [1.807, 2.05) is 13.8 Å². The van der Waals surface area contributed by atoms with Crippen LogP contribution in [-0.4, -0.2) is 75.2 Å². The topological polar surface area (TPSA) is 130 Å². The van der Waals surface area contributed by atoms with Crippen LogP contribution < -0.4 is 11.1 Å². The summed E-state index contributed by atoms with van der Waals surface area (Å²) in [6, 6.07) is -0.851. The molecule has 1 aliphatic rings. The fourth-order valence-corrected chi connectivity index (χ4v) is 3.17. The maximum atomic E-state index is 12.0. The van der Waals surface area contributed by atoms with E-state index in [-0.39, 0.29) is 52.5 Å². The Morgan fingerprint density at radius 1 is 1.32 bits per heavy atom. The Balaban J connectivity index is 0.00000576. The number of hydrogen-bond acceptors (Lipinski definition) is 5. The van der Waals surface area contributed by atoms with Crippen LogP contribution >= 0.6 is 11.8 Å². The molecule has 7 nitrogen and oxygen atoms in total. The van der Waals surface area contributed by atoms with Gasteiger partial charge in [0.2, 0.25) is 5.91 Å². The fourth-order valence-electron chi connectivity index (χ4n) is 2.20. The summed E-state index contributed by atoms with van der Waals surface area (Å²) < 4.78 is 0. The second-order valence-electron chi connectivity index (χ2n) is 6.67. The number of carboxylic acids is 2. The van der Waals surface area contributed by atoms with E-state index in [0.29, 0.717) is 12.2 Å². The van der Waals surface area contributed by atoms with E-state index >= 15 is 0 Å². The Kier molecular flexibility index (Phi) is 11.0. The molecule has 0 aromatic rings. The van der Waals surface area contributed by atoms with Gasteiger partial charge < -0.3 is 21.3 Å². The molecule has 0 aromatic carbocycles. The first-order valence-corrected chi connectivity index (χ1v) is 9.11. The van der Waals surface area contributed by atoms with Gasteiger partial charge in [0.05, 0.1) is 0 Å². The van der Waals surface area contributed by atoms with Gasteiger partial charge in [-0.15, -0.1) is 0 Å². The number of amides is 1. The molecule has 1 aliphatic carbocycles. The number of carbonyl (C=O) groups is 3. The summed E-state index contributed by atoms with van der Waals surface area (Å²) in [5.41, 5.74) is 5.28. The maximum absolute atomic E-state index is 12.0. The molecule has 1 fully saturated rings. The second-order valence-corrected chi connectivity index (χ2v) is 7.82. The fraction of sp³-hybridized carbons (Fsp3) is 0.688. The summed E-state index contributed by atoms with van der Waals surface area (Å²) in [6.45, 7) is 3.96. The molecule has 0 unspecified atom stereocenters. The molecular weight excluding hydrogens is 355 g/mol. The van der Waals surface area contributed by atoms with Crippen molar-refractivity contribution in [3.8, 4) is 0 Å². The molecule has 0 saturated heterocycles. The van der Waals surface area contributed by atoms with Crippen LogP contribution in [0.4, 0.5) is 0 Å². The van der Waals surface area contributed by atoms with Crippen LogP contribution in [0.2, 0.25) is 0 Å². The van der Waals surface area contributed by atoms with E-state index in [1.54, 1.807) is 0 Å². The zero-order valence-corrected chi connectivity index (χ0v) is 14.9. The molecule has 138 valence electrons. The van der Waals surface area contributed by atoms with Gasteiger partial charge in [0.25, 0.3) is 0 Å². The Morgan fingerprint density at radius 2 is 1.92 bits per heavy atom. The van der Waals surface area contributed by atoms with Crippen molar-refractivity contribution in [2.45, 2.75) is 45.6 Å². The molecule has 25 heavy (non-hydrogen) atoms. The summed E-state index contributed by atoms with van der Waals surface area (Å²) in [4.78, 5) is 33.7. The van der Waals surface area contributed by atoms with Gasteiger partial charge in [0.1, 0.15) is 11.7 Å². The van der Waals surface area contributed by atoms with Crippen LogP contribution in [0, 0.1) is 11.3 Å². The number of thioether (sulfide) groups is 1. The first-order chi connectivity index (χ1) is 11.1. The van der Waals surface area contributed by atoms with Crippen LogP contribution in [0.25, 0.3) is 0 Å². The van der Waals surface area contributed by atoms with Gasteiger partial charge >= 0.3 is 41.5 Å². The number of unbranched alkanes of at least 4 members (excludes halogenated alkanes) is 2. The molecule has 1 saturated carbocycles. The van der Waals surface area contributed by atoms with E-state index in [9.17, 15) is 14.4 Å². The second kappa shape index (κ2) is 11.2. The average Bonchev–Trinajstić information content (AvgIpc) is 3.13. The minimum absolute atomic E-state index is 0. The van der Waals surface area contributed by atoms with Crippen LogP contribution in [0.3, 0.4) is 0 Å². The Bertz CT molecular complexity index is 525. The van der Waals surface area contributed by atoms with Gasteiger partial charge in [0.15, 0.2) is 0 Å². The SMILES string of the molecule is CC1(C)C[C@@H]1C(=O)N/C(=C\CCCCSC[C@H](N)C(=O)O)C(=O)O.[NaH]. The number of carboxylic acid groups (broad SMARTS) is 2. The normalized spacial score (nSPS) is 19.5. The van der Waals surface area contributed by atoms with Gasteiger partial charge in [0, 0.05) is 11.7 Å². The number of carbonyl (C=O) groups excluding carboxylic acids is 1. The molecule has 0 aromatic heterocycles. The Labute approximate surface area is 174 Å². The summed E-state index contributed by atoms with van der Waals surface area (Å²) in [5, 5.41) is 20.3. The van der Waals surface area contributed by atoms with E-state index in [1.165, 1.54) is 17.8 Å². The standard InChI is InChI=1S/C16H26N2O5S.Na.H/c1-16(2)8-10(16)13(19)18-12(15(22)23)6-4-3-5-7-24-9-11(17)14(20)21;;/h6,10-11H,3-5,7-9,17H2,1-2H3,(H,18,19)(H,20,21)(H,22,23);;/b12-6-;;/t10-,11+;;/m1../s1. The third-order valence-corrected chi connectivity index (χ3v) is 5.20. The van der Waals surface area contributed by atoms with E-state index < -0.39 is 18.0 Å². The van der Waals surface area contributed by atoms with Crippen LogP contribution in [0.5, 0.6) is 0 Å². The molecule has 1 rings (SSSR count). The predicted molar refractivity (Wildman–Crippen MR) is 99.7 cm³/mol. The zero-order valence-electron chi connectivity index (χ0n) is 14.1. The number of nitrogens with one attached hydrogen (secondary N) is 1. The monoisotopic (exact) mass is 382 g/mol. The first-order valence-electron chi connectivity index (χ1n) is 7.95. The van der Waals surface area contributed by atoms with Gasteiger partial charge in [-0.1, -0.05) is 19.9 Å². The van der Waals surface area contributed by atoms with E-state index in [0.717, 1.165) is 25.0 Å². The summed E-state index contributed by atoms with van der Waals surface area (Å²) in [6.07, 6.45) is 4.44. The minimum atomic E-state index is -1.14. The van der Waals surface area contributed by atoms with Gasteiger partial charge in [-0.3, -0.25) is 9.59 Å². The van der Waals surface area contributed by atoms with Gasteiger partial charge in [-0.25, -0.2) is 4.79 Å². The Hall–Kier alpha value is -0.540. The van der Waals surface area contributed by atoms with Crippen molar-refractivity contribution in [1.82, 2.24) is 5.32 Å². The zero-order chi connectivity index (χ0) is 18.3. The van der Waals surface area contributed by atoms with Crippen LogP contribution in [-0.2, 0) is 14.4 Å². The van der Waals surface area contributed by atoms with Crippen molar-refractivity contribution in [2.24, 2.45) is 17.1 Å². The van der Waals surface area contributed by atoms with Crippen molar-refractivity contribution in [2.75, 3.05) is 11.5 Å². The van der Waals surface area contributed by atoms with E-state index in [2.05, 4.69) is 5.32 Å². The summed E-state index contributed by atoms with van der Waals surface area (Å²) in [5.74, 6) is -1.37. The van der Waals surface area contributed by atoms with Crippen molar-refractivity contribution < 1.29 is 24.6 Å². The van der Waals surface area contributed by atoms with E-state index in [4.69, 9.17) is 15.9 Å². The quantitative estimate of drug-likeness (QED) is 0.236. The van der Waals surface area contributed by atoms with Crippen molar-refractivity contribution in [3.05, 3.63) is 11.8 Å². The molecule has 0 spiro atoms. The van der Waals surface area contributed by atoms with Crippen molar-refractivity contribution >= 4 is 59.2 Å². The molecule has 9 heteroatoms. The molecule has 1 amide bonds. The molecule has 5 N–H and O–H groups in total. The summed E-state index contributed by atoms with van der Waals surface area (Å²) in [7, 11) is 0. The third-order valence-electron chi connectivity index (χ3n) is 4.02. The van der Waals surface area contributed by atoms with Gasteiger partial charge in [-0.05, 0) is 36.9 Å². The number of nitrogens with two attached hydrogens (primary N) is 1. The molecule has 2 atom stereocenters. The van der Waals surface area contributed by atoms with Crippen LogP contribution in [0.15, 0.2) is 11.8 Å². The van der Waals surface area contributed by atoms with Crippen molar-refractivity contribution in [1.29, 1.82) is 0 Å².